The molecule has 2 aliphatic carbocycles. The fourth-order valence-corrected chi connectivity index (χ4v) is 10.4. The summed E-state index contributed by atoms with van der Waals surface area (Å²) in [6.45, 7) is 0. The average Bonchev–Trinajstić information content (AvgIpc) is 3.84. The average molecular weight is 790 g/mol. The quantitative estimate of drug-likeness (QED) is 0.178. The summed E-state index contributed by atoms with van der Waals surface area (Å²) >= 11 is 0. The third-order valence-electron chi connectivity index (χ3n) is 13.0. The van der Waals surface area contributed by atoms with Crippen LogP contribution in [0.5, 0.6) is 0 Å². The molecule has 0 fully saturated rings. The van der Waals surface area contributed by atoms with E-state index in [1.807, 2.05) is 24.3 Å². The third-order valence-corrected chi connectivity index (χ3v) is 13.0. The standard InChI is InChI=1S/C58H35N3O/c1-2-16-36(17-3-1)39-18-4-7-25-47(39)57-60-55(59-56(61-57)38-30-32-46-45-24-11-15-29-53(45)62-54(46)35-38)37-31-33-52-48(34-37)44-23-10-14-28-51(44)58(52)49-26-12-8-21-42(49)40-19-5-6-20-41(40)43-22-9-13-27-50(43)58/h1-35H. The van der Waals surface area contributed by atoms with Crippen molar-refractivity contribution in [2.75, 3.05) is 0 Å². The van der Waals surface area contributed by atoms with Crippen molar-refractivity contribution >= 4 is 21.9 Å². The summed E-state index contributed by atoms with van der Waals surface area (Å²) in [4.78, 5) is 15.9. The highest BCUT2D eigenvalue weighted by atomic mass is 16.3. The summed E-state index contributed by atoms with van der Waals surface area (Å²) in [6, 6.07) is 75.9. The number of furan rings is 1. The van der Waals surface area contributed by atoms with Crippen molar-refractivity contribution < 1.29 is 4.42 Å². The Morgan fingerprint density at radius 1 is 0.274 bits per heavy atom. The second-order valence-electron chi connectivity index (χ2n) is 16.2. The van der Waals surface area contributed by atoms with Crippen LogP contribution in [0.4, 0.5) is 0 Å². The van der Waals surface area contributed by atoms with E-state index in [9.17, 15) is 0 Å². The Hall–Kier alpha value is -8.21. The minimum Gasteiger partial charge on any atom is -0.456 e. The van der Waals surface area contributed by atoms with Crippen LogP contribution < -0.4 is 0 Å². The first-order valence-electron chi connectivity index (χ1n) is 21.1. The Balaban J connectivity index is 1.06. The van der Waals surface area contributed by atoms with Gasteiger partial charge < -0.3 is 4.42 Å². The molecule has 1 spiro atoms. The van der Waals surface area contributed by atoms with Crippen molar-refractivity contribution in [1.29, 1.82) is 0 Å². The topological polar surface area (TPSA) is 51.8 Å². The van der Waals surface area contributed by atoms with Crippen LogP contribution in [-0.2, 0) is 5.41 Å². The zero-order valence-corrected chi connectivity index (χ0v) is 33.5. The lowest BCUT2D eigenvalue weighted by molar-refractivity contribution is 0.669. The molecule has 0 atom stereocenters. The Labute approximate surface area is 358 Å². The molecule has 0 bridgehead atoms. The van der Waals surface area contributed by atoms with E-state index in [2.05, 4.69) is 188 Å². The molecule has 62 heavy (non-hydrogen) atoms. The van der Waals surface area contributed by atoms with Crippen LogP contribution in [0.3, 0.4) is 0 Å². The monoisotopic (exact) mass is 789 g/mol. The van der Waals surface area contributed by atoms with Gasteiger partial charge in [-0.2, -0.15) is 0 Å². The van der Waals surface area contributed by atoms with Gasteiger partial charge in [0.1, 0.15) is 11.2 Å². The summed E-state index contributed by atoms with van der Waals surface area (Å²) in [7, 11) is 0. The maximum Gasteiger partial charge on any atom is 0.164 e. The van der Waals surface area contributed by atoms with Crippen LogP contribution >= 0.6 is 0 Å². The molecule has 2 aromatic heterocycles. The number of para-hydroxylation sites is 1. The van der Waals surface area contributed by atoms with Gasteiger partial charge in [0, 0.05) is 27.5 Å². The fraction of sp³-hybridized carbons (Fsp3) is 0.0172. The molecule has 13 rings (SSSR count). The molecule has 11 aromatic rings. The Morgan fingerprint density at radius 2 is 0.726 bits per heavy atom. The molecule has 2 aliphatic rings. The van der Waals surface area contributed by atoms with Gasteiger partial charge in [-0.05, 0) is 91.0 Å². The first-order valence-corrected chi connectivity index (χ1v) is 21.1. The zero-order chi connectivity index (χ0) is 40.8. The number of rotatable bonds is 4. The Morgan fingerprint density at radius 3 is 1.39 bits per heavy atom. The highest BCUT2D eigenvalue weighted by molar-refractivity contribution is 6.06. The SMILES string of the molecule is c1ccc(-c2ccccc2-c2nc(-c3ccc4c(c3)-c3ccccc3C43c4ccccc4-c4ccccc4-c4ccccc43)nc(-c3ccc4c(c3)oc3ccccc34)n2)cc1. The minimum absolute atomic E-state index is 0.567. The second kappa shape index (κ2) is 13.4. The molecule has 288 valence electrons. The van der Waals surface area contributed by atoms with E-state index < -0.39 is 5.41 Å². The lowest BCUT2D eigenvalue weighted by Crippen LogP contribution is -2.29. The van der Waals surface area contributed by atoms with Gasteiger partial charge in [0.2, 0.25) is 0 Å². The van der Waals surface area contributed by atoms with E-state index >= 15 is 0 Å². The molecular formula is C58H35N3O. The summed E-state index contributed by atoms with van der Waals surface area (Å²) < 4.78 is 6.37. The van der Waals surface area contributed by atoms with E-state index in [-0.39, 0.29) is 0 Å². The molecule has 0 unspecified atom stereocenters. The van der Waals surface area contributed by atoms with Crippen LogP contribution in [-0.4, -0.2) is 15.0 Å². The molecule has 0 radical (unpaired) electrons. The van der Waals surface area contributed by atoms with Crippen LogP contribution in [0.1, 0.15) is 22.3 Å². The zero-order valence-electron chi connectivity index (χ0n) is 33.5. The van der Waals surface area contributed by atoms with Gasteiger partial charge in [0.25, 0.3) is 0 Å². The first kappa shape index (κ1) is 34.6. The summed E-state index contributed by atoms with van der Waals surface area (Å²) in [5.74, 6) is 1.79. The lowest BCUT2D eigenvalue weighted by atomic mass is 9.66. The third kappa shape index (κ3) is 4.98. The maximum absolute atomic E-state index is 6.37. The van der Waals surface area contributed by atoms with Gasteiger partial charge in [-0.3, -0.25) is 0 Å². The molecule has 0 aliphatic heterocycles. The van der Waals surface area contributed by atoms with Crippen LogP contribution in [0.15, 0.2) is 217 Å². The summed E-state index contributed by atoms with van der Waals surface area (Å²) in [6.07, 6.45) is 0. The Bertz CT molecular complexity index is 3540. The normalized spacial score (nSPS) is 13.0. The minimum atomic E-state index is -0.567. The molecule has 0 saturated carbocycles. The predicted octanol–water partition coefficient (Wildman–Crippen LogP) is 14.4. The molecule has 0 amide bonds. The van der Waals surface area contributed by atoms with Crippen LogP contribution in [0.2, 0.25) is 0 Å². The lowest BCUT2D eigenvalue weighted by Gasteiger charge is -2.35. The number of aromatic nitrogens is 3. The summed E-state index contributed by atoms with van der Waals surface area (Å²) in [5.41, 5.74) is 18.4. The van der Waals surface area contributed by atoms with Crippen molar-refractivity contribution in [1.82, 2.24) is 15.0 Å². The molecule has 0 saturated heterocycles. The van der Waals surface area contributed by atoms with Crippen molar-refractivity contribution in [2.24, 2.45) is 0 Å². The number of fused-ring (bicyclic) bond motifs is 15. The van der Waals surface area contributed by atoms with E-state index in [0.29, 0.717) is 17.5 Å². The van der Waals surface area contributed by atoms with E-state index in [1.54, 1.807) is 0 Å². The number of hydrogen-bond donors (Lipinski definition) is 0. The van der Waals surface area contributed by atoms with Gasteiger partial charge in [-0.15, -0.1) is 0 Å². The van der Waals surface area contributed by atoms with E-state index in [1.165, 1.54) is 55.6 Å². The largest absolute Gasteiger partial charge is 0.456 e. The van der Waals surface area contributed by atoms with E-state index in [0.717, 1.165) is 49.8 Å². The fourth-order valence-electron chi connectivity index (χ4n) is 10.4. The predicted molar refractivity (Wildman–Crippen MR) is 251 cm³/mol. The van der Waals surface area contributed by atoms with Crippen LogP contribution in [0, 0.1) is 0 Å². The van der Waals surface area contributed by atoms with E-state index in [4.69, 9.17) is 19.4 Å². The molecule has 4 nitrogen and oxygen atoms in total. The molecular weight excluding hydrogens is 755 g/mol. The highest BCUT2D eigenvalue weighted by Crippen LogP contribution is 2.61. The van der Waals surface area contributed by atoms with Crippen molar-refractivity contribution in [3.63, 3.8) is 0 Å². The van der Waals surface area contributed by atoms with Gasteiger partial charge in [0.15, 0.2) is 17.5 Å². The van der Waals surface area contributed by atoms with Crippen LogP contribution in [0.25, 0.3) is 101 Å². The van der Waals surface area contributed by atoms with Crippen molar-refractivity contribution in [2.45, 2.75) is 5.41 Å². The van der Waals surface area contributed by atoms with Crippen molar-refractivity contribution in [3.8, 4) is 78.7 Å². The molecule has 2 heterocycles. The smallest absolute Gasteiger partial charge is 0.164 e. The van der Waals surface area contributed by atoms with Crippen molar-refractivity contribution in [3.05, 3.63) is 235 Å². The summed E-state index contributed by atoms with van der Waals surface area (Å²) in [5, 5.41) is 2.14. The molecule has 4 heteroatoms. The first-order chi connectivity index (χ1) is 30.7. The maximum atomic E-state index is 6.37. The Kier molecular flexibility index (Phi) is 7.49. The van der Waals surface area contributed by atoms with Gasteiger partial charge in [-0.25, -0.2) is 15.0 Å². The second-order valence-corrected chi connectivity index (χ2v) is 16.2. The number of nitrogens with zero attached hydrogens (tertiary/aromatic N) is 3. The number of hydrogen-bond acceptors (Lipinski definition) is 4. The van der Waals surface area contributed by atoms with Gasteiger partial charge in [-0.1, -0.05) is 188 Å². The molecule has 0 N–H and O–H groups in total. The highest BCUT2D eigenvalue weighted by Gasteiger charge is 2.49. The van der Waals surface area contributed by atoms with Gasteiger partial charge >= 0.3 is 0 Å². The molecule has 9 aromatic carbocycles. The van der Waals surface area contributed by atoms with Gasteiger partial charge in [0.05, 0.1) is 5.41 Å². The number of benzene rings is 9.